The Morgan fingerprint density at radius 1 is 1.11 bits per heavy atom. The Labute approximate surface area is 114 Å². The molecule has 104 valence electrons. The van der Waals surface area contributed by atoms with Crippen LogP contribution in [0.4, 0.5) is 0 Å². The molecule has 5 nitrogen and oxygen atoms in total. The van der Waals surface area contributed by atoms with Gasteiger partial charge in [0.25, 0.3) is 0 Å². The van der Waals surface area contributed by atoms with Gasteiger partial charge in [0.1, 0.15) is 0 Å². The minimum Gasteiger partial charge on any atom is -0.477 e. The molecular weight excluding hydrogens is 243 g/mol. The molecule has 0 unspecified atom stereocenters. The van der Waals surface area contributed by atoms with Crippen LogP contribution in [0.1, 0.15) is 44.9 Å². The minimum absolute atomic E-state index is 0.132. The summed E-state index contributed by atoms with van der Waals surface area (Å²) in [6.45, 7) is 0.638. The zero-order chi connectivity index (χ0) is 13.5. The van der Waals surface area contributed by atoms with E-state index in [0.29, 0.717) is 12.5 Å². The molecule has 1 aromatic heterocycles. The highest BCUT2D eigenvalue weighted by Gasteiger charge is 2.19. The summed E-state index contributed by atoms with van der Waals surface area (Å²) < 4.78 is 5.44. The summed E-state index contributed by atoms with van der Waals surface area (Å²) >= 11 is 0. The van der Waals surface area contributed by atoms with Crippen molar-refractivity contribution in [3.8, 4) is 5.88 Å². The van der Waals surface area contributed by atoms with Crippen molar-refractivity contribution < 1.29 is 14.8 Å². The normalized spacial score (nSPS) is 14.4. The van der Waals surface area contributed by atoms with Crippen LogP contribution in [0.25, 0.3) is 0 Å². The molecule has 1 saturated carbocycles. The van der Waals surface area contributed by atoms with E-state index in [-0.39, 0.29) is 5.59 Å². The maximum Gasteiger partial charge on any atom is 0.509 e. The largest absolute Gasteiger partial charge is 0.509 e. The summed E-state index contributed by atoms with van der Waals surface area (Å²) in [5, 5.41) is 17.7. The van der Waals surface area contributed by atoms with Crippen LogP contribution in [0, 0.1) is 5.92 Å². The fourth-order valence-electron chi connectivity index (χ4n) is 2.01. The summed E-state index contributed by atoms with van der Waals surface area (Å²) in [6.07, 6.45) is 11.9. The summed E-state index contributed by atoms with van der Waals surface area (Å²) in [5.41, 5.74) is 0.132. The lowest BCUT2D eigenvalue weighted by Crippen LogP contribution is -2.32. The molecule has 19 heavy (non-hydrogen) atoms. The fraction of sp³-hybridized carbons (Fsp3) is 0.692. The van der Waals surface area contributed by atoms with Crippen molar-refractivity contribution in [1.29, 1.82) is 0 Å². The summed E-state index contributed by atoms with van der Waals surface area (Å²) in [4.78, 5) is 7.81. The Morgan fingerprint density at radius 3 is 2.53 bits per heavy atom. The standard InChI is InChI=1S/C13H21BN2O3/c17-14(18)12-9-16-13(10-15-12)19-8-4-2-1-3-5-11-6-7-11/h9-11,17-18H,1-8H2. The van der Waals surface area contributed by atoms with E-state index in [1.807, 2.05) is 0 Å². The van der Waals surface area contributed by atoms with E-state index in [4.69, 9.17) is 14.8 Å². The number of aromatic nitrogens is 2. The summed E-state index contributed by atoms with van der Waals surface area (Å²) in [6, 6.07) is 0. The molecule has 1 fully saturated rings. The Hall–Kier alpha value is -1.14. The van der Waals surface area contributed by atoms with Crippen molar-refractivity contribution in [2.45, 2.75) is 44.9 Å². The molecule has 1 aliphatic carbocycles. The van der Waals surface area contributed by atoms with Gasteiger partial charge in [-0.3, -0.25) is 4.98 Å². The van der Waals surface area contributed by atoms with E-state index >= 15 is 0 Å². The molecule has 0 bridgehead atoms. The lowest BCUT2D eigenvalue weighted by atomic mass is 9.87. The van der Waals surface area contributed by atoms with E-state index in [2.05, 4.69) is 9.97 Å². The van der Waals surface area contributed by atoms with E-state index in [1.54, 1.807) is 0 Å². The highest BCUT2D eigenvalue weighted by Crippen LogP contribution is 2.34. The molecule has 1 aromatic rings. The number of hydrogen-bond donors (Lipinski definition) is 2. The fourth-order valence-corrected chi connectivity index (χ4v) is 2.01. The maximum atomic E-state index is 8.87. The Balaban J connectivity index is 1.52. The highest BCUT2D eigenvalue weighted by molar-refractivity contribution is 6.57. The highest BCUT2D eigenvalue weighted by atomic mass is 16.5. The molecule has 0 spiro atoms. The second-order valence-electron chi connectivity index (χ2n) is 5.15. The van der Waals surface area contributed by atoms with Crippen molar-refractivity contribution in [2.75, 3.05) is 6.61 Å². The number of ether oxygens (including phenoxy) is 1. The van der Waals surface area contributed by atoms with Crippen LogP contribution in [0.5, 0.6) is 5.88 Å². The van der Waals surface area contributed by atoms with Gasteiger partial charge in [-0.05, 0) is 12.3 Å². The third-order valence-electron chi connectivity index (χ3n) is 3.37. The van der Waals surface area contributed by atoms with Crippen molar-refractivity contribution in [2.24, 2.45) is 5.92 Å². The average molecular weight is 264 g/mol. The van der Waals surface area contributed by atoms with E-state index < -0.39 is 7.12 Å². The van der Waals surface area contributed by atoms with Crippen molar-refractivity contribution in [3.63, 3.8) is 0 Å². The number of unbranched alkanes of at least 4 members (excludes halogenated alkanes) is 3. The van der Waals surface area contributed by atoms with Crippen LogP contribution in [-0.2, 0) is 0 Å². The van der Waals surface area contributed by atoms with Gasteiger partial charge in [-0.2, -0.15) is 0 Å². The van der Waals surface area contributed by atoms with Crippen molar-refractivity contribution in [3.05, 3.63) is 12.4 Å². The van der Waals surface area contributed by atoms with Crippen LogP contribution in [0.15, 0.2) is 12.4 Å². The van der Waals surface area contributed by atoms with Crippen molar-refractivity contribution >= 4 is 12.7 Å². The first-order chi connectivity index (χ1) is 9.25. The second-order valence-corrected chi connectivity index (χ2v) is 5.15. The van der Waals surface area contributed by atoms with E-state index in [1.165, 1.54) is 50.9 Å². The summed E-state index contributed by atoms with van der Waals surface area (Å²) in [5.74, 6) is 1.47. The molecule has 1 heterocycles. The van der Waals surface area contributed by atoms with Crippen LogP contribution in [-0.4, -0.2) is 33.7 Å². The topological polar surface area (TPSA) is 75.5 Å². The van der Waals surface area contributed by atoms with Gasteiger partial charge in [0.2, 0.25) is 5.88 Å². The first-order valence-electron chi connectivity index (χ1n) is 7.06. The summed E-state index contributed by atoms with van der Waals surface area (Å²) in [7, 11) is -1.58. The molecule has 0 aliphatic heterocycles. The molecule has 1 aliphatic rings. The van der Waals surface area contributed by atoms with Crippen LogP contribution < -0.4 is 10.3 Å². The molecule has 0 amide bonds. The van der Waals surface area contributed by atoms with Gasteiger partial charge in [0, 0.05) is 6.20 Å². The van der Waals surface area contributed by atoms with Gasteiger partial charge >= 0.3 is 7.12 Å². The number of hydrogen-bond acceptors (Lipinski definition) is 5. The molecule has 0 atom stereocenters. The number of nitrogens with zero attached hydrogens (tertiary/aromatic N) is 2. The molecule has 2 rings (SSSR count). The van der Waals surface area contributed by atoms with Gasteiger partial charge in [-0.15, -0.1) is 0 Å². The minimum atomic E-state index is -1.58. The predicted molar refractivity (Wildman–Crippen MR) is 73.2 cm³/mol. The zero-order valence-electron chi connectivity index (χ0n) is 11.2. The van der Waals surface area contributed by atoms with Crippen LogP contribution in [0.2, 0.25) is 0 Å². The second kappa shape index (κ2) is 7.45. The number of rotatable bonds is 9. The molecule has 0 saturated heterocycles. The van der Waals surface area contributed by atoms with Gasteiger partial charge < -0.3 is 14.8 Å². The van der Waals surface area contributed by atoms with Gasteiger partial charge in [-0.25, -0.2) is 4.98 Å². The zero-order valence-corrected chi connectivity index (χ0v) is 11.2. The maximum absolute atomic E-state index is 8.87. The molecule has 0 radical (unpaired) electrons. The molecular formula is C13H21BN2O3. The third-order valence-corrected chi connectivity index (χ3v) is 3.37. The third kappa shape index (κ3) is 5.57. The molecule has 6 heteroatoms. The predicted octanol–water partition coefficient (Wildman–Crippen LogP) is 0.896. The first kappa shape index (κ1) is 14.3. The van der Waals surface area contributed by atoms with E-state index in [9.17, 15) is 0 Å². The lowest BCUT2D eigenvalue weighted by molar-refractivity contribution is 0.292. The lowest BCUT2D eigenvalue weighted by Gasteiger charge is -2.05. The first-order valence-corrected chi connectivity index (χ1v) is 7.06. The average Bonchev–Trinajstić information content (AvgIpc) is 3.22. The Kier molecular flexibility index (Phi) is 5.60. The van der Waals surface area contributed by atoms with Crippen molar-refractivity contribution in [1.82, 2.24) is 9.97 Å². The smallest absolute Gasteiger partial charge is 0.477 e. The Morgan fingerprint density at radius 2 is 1.89 bits per heavy atom. The molecule has 0 aromatic carbocycles. The Bertz CT molecular complexity index is 369. The van der Waals surface area contributed by atoms with Crippen LogP contribution >= 0.6 is 0 Å². The van der Waals surface area contributed by atoms with Crippen LogP contribution in [0.3, 0.4) is 0 Å². The van der Waals surface area contributed by atoms with Gasteiger partial charge in [0.15, 0.2) is 0 Å². The SMILES string of the molecule is OB(O)c1cnc(OCCCCCCC2CC2)cn1. The van der Waals surface area contributed by atoms with E-state index in [0.717, 1.165) is 12.3 Å². The van der Waals surface area contributed by atoms with Gasteiger partial charge in [-0.1, -0.05) is 38.5 Å². The monoisotopic (exact) mass is 264 g/mol. The molecule has 2 N–H and O–H groups in total. The quantitative estimate of drug-likeness (QED) is 0.512. The van der Waals surface area contributed by atoms with Gasteiger partial charge in [0.05, 0.1) is 18.4 Å².